The van der Waals surface area contributed by atoms with E-state index < -0.39 is 0 Å². The van der Waals surface area contributed by atoms with Gasteiger partial charge >= 0.3 is 0 Å². The minimum absolute atomic E-state index is 0.0125. The highest BCUT2D eigenvalue weighted by atomic mass is 16.5. The molecular formula is C17H24N2O2. The number of morpholine rings is 1. The van der Waals surface area contributed by atoms with Crippen LogP contribution in [0, 0.1) is 12.8 Å². The molecular weight excluding hydrogens is 264 g/mol. The van der Waals surface area contributed by atoms with Gasteiger partial charge in [-0.2, -0.15) is 0 Å². The molecule has 0 aromatic heterocycles. The van der Waals surface area contributed by atoms with Crippen molar-refractivity contribution in [3.05, 3.63) is 35.4 Å². The third kappa shape index (κ3) is 2.97. The molecule has 1 aromatic rings. The number of hydrogen-bond acceptors (Lipinski definition) is 3. The van der Waals surface area contributed by atoms with Gasteiger partial charge in [0, 0.05) is 12.6 Å². The fourth-order valence-electron chi connectivity index (χ4n) is 3.52. The molecule has 1 amide bonds. The third-order valence-corrected chi connectivity index (χ3v) is 4.80. The third-order valence-electron chi connectivity index (χ3n) is 4.80. The topological polar surface area (TPSA) is 55.6 Å². The monoisotopic (exact) mass is 288 g/mol. The average molecular weight is 288 g/mol. The van der Waals surface area contributed by atoms with Crippen LogP contribution in [0.1, 0.15) is 36.5 Å². The lowest BCUT2D eigenvalue weighted by atomic mass is 9.99. The number of aryl methyl sites for hydroxylation is 1. The first kappa shape index (κ1) is 14.5. The number of ether oxygens (including phenoxy) is 1. The molecule has 2 fully saturated rings. The maximum Gasteiger partial charge on any atom is 0.227 e. The first-order chi connectivity index (χ1) is 10.2. The van der Waals surface area contributed by atoms with Crippen LogP contribution in [0.4, 0.5) is 0 Å². The molecule has 21 heavy (non-hydrogen) atoms. The van der Waals surface area contributed by atoms with Crippen molar-refractivity contribution in [2.75, 3.05) is 19.7 Å². The van der Waals surface area contributed by atoms with E-state index in [2.05, 4.69) is 19.1 Å². The molecule has 0 unspecified atom stereocenters. The quantitative estimate of drug-likeness (QED) is 0.906. The summed E-state index contributed by atoms with van der Waals surface area (Å²) in [5.74, 6) is 0.238. The summed E-state index contributed by atoms with van der Waals surface area (Å²) in [4.78, 5) is 14.6. The smallest absolute Gasteiger partial charge is 0.227 e. The van der Waals surface area contributed by atoms with Crippen molar-refractivity contribution in [3.63, 3.8) is 0 Å². The Morgan fingerprint density at radius 3 is 2.86 bits per heavy atom. The van der Waals surface area contributed by atoms with Crippen molar-refractivity contribution >= 4 is 5.91 Å². The van der Waals surface area contributed by atoms with Crippen LogP contribution in [0.15, 0.2) is 24.3 Å². The number of carbonyl (C=O) groups excluding carboxylic acids is 1. The second kappa shape index (κ2) is 6.16. The summed E-state index contributed by atoms with van der Waals surface area (Å²) < 4.78 is 5.89. The van der Waals surface area contributed by atoms with E-state index in [9.17, 15) is 4.79 Å². The van der Waals surface area contributed by atoms with Crippen molar-refractivity contribution in [2.45, 2.75) is 38.3 Å². The summed E-state index contributed by atoms with van der Waals surface area (Å²) in [5, 5.41) is 0. The molecule has 1 aliphatic heterocycles. The SMILES string of the molecule is Cc1ccccc1[C@@H]1CN(C(=O)[C@@H]2CCC[C@H]2N)CCO1. The zero-order valence-corrected chi connectivity index (χ0v) is 12.6. The average Bonchev–Trinajstić information content (AvgIpc) is 2.93. The van der Waals surface area contributed by atoms with Gasteiger partial charge in [-0.1, -0.05) is 30.7 Å². The number of benzene rings is 1. The molecule has 1 aromatic carbocycles. The summed E-state index contributed by atoms with van der Waals surface area (Å²) in [6.45, 7) is 4.02. The predicted molar refractivity (Wildman–Crippen MR) is 81.8 cm³/mol. The molecule has 3 atom stereocenters. The molecule has 2 N–H and O–H groups in total. The lowest BCUT2D eigenvalue weighted by molar-refractivity contribution is -0.143. The van der Waals surface area contributed by atoms with Crippen molar-refractivity contribution < 1.29 is 9.53 Å². The van der Waals surface area contributed by atoms with Crippen LogP contribution in [0.25, 0.3) is 0 Å². The molecule has 2 aliphatic rings. The Hall–Kier alpha value is -1.39. The second-order valence-electron chi connectivity index (χ2n) is 6.20. The van der Waals surface area contributed by atoms with Gasteiger partial charge in [0.1, 0.15) is 6.10 Å². The molecule has 0 radical (unpaired) electrons. The molecule has 3 rings (SSSR count). The highest BCUT2D eigenvalue weighted by molar-refractivity contribution is 5.80. The minimum atomic E-state index is -0.0125. The first-order valence-corrected chi connectivity index (χ1v) is 7.88. The number of hydrogen-bond donors (Lipinski definition) is 1. The van der Waals surface area contributed by atoms with Gasteiger partial charge in [0.05, 0.1) is 19.1 Å². The molecule has 1 heterocycles. The normalized spacial score (nSPS) is 29.6. The molecule has 4 heteroatoms. The van der Waals surface area contributed by atoms with E-state index in [1.807, 2.05) is 17.0 Å². The van der Waals surface area contributed by atoms with Crippen molar-refractivity contribution in [3.8, 4) is 0 Å². The summed E-state index contributed by atoms with van der Waals surface area (Å²) in [6.07, 6.45) is 2.97. The summed E-state index contributed by atoms with van der Waals surface area (Å²) in [7, 11) is 0. The van der Waals surface area contributed by atoms with E-state index in [4.69, 9.17) is 10.5 Å². The van der Waals surface area contributed by atoms with Crippen LogP contribution in [-0.4, -0.2) is 36.5 Å². The Bertz CT molecular complexity index is 517. The molecule has 0 bridgehead atoms. The van der Waals surface area contributed by atoms with Crippen molar-refractivity contribution in [1.82, 2.24) is 4.90 Å². The van der Waals surface area contributed by atoms with Crippen molar-refractivity contribution in [1.29, 1.82) is 0 Å². The number of nitrogens with two attached hydrogens (primary N) is 1. The highest BCUT2D eigenvalue weighted by Gasteiger charge is 2.35. The van der Waals surface area contributed by atoms with Gasteiger partial charge in [0.15, 0.2) is 0 Å². The van der Waals surface area contributed by atoms with E-state index in [-0.39, 0.29) is 24.0 Å². The Labute approximate surface area is 126 Å². The van der Waals surface area contributed by atoms with Gasteiger partial charge in [-0.15, -0.1) is 0 Å². The fourth-order valence-corrected chi connectivity index (χ4v) is 3.52. The van der Waals surface area contributed by atoms with Crippen LogP contribution in [0.3, 0.4) is 0 Å². The van der Waals surface area contributed by atoms with Crippen LogP contribution >= 0.6 is 0 Å². The van der Waals surface area contributed by atoms with Gasteiger partial charge in [-0.3, -0.25) is 4.79 Å². The van der Waals surface area contributed by atoms with Gasteiger partial charge in [0.2, 0.25) is 5.91 Å². The first-order valence-electron chi connectivity index (χ1n) is 7.88. The van der Waals surface area contributed by atoms with Gasteiger partial charge in [-0.25, -0.2) is 0 Å². The molecule has 114 valence electrons. The molecule has 1 saturated heterocycles. The zero-order valence-electron chi connectivity index (χ0n) is 12.6. The van der Waals surface area contributed by atoms with Gasteiger partial charge < -0.3 is 15.4 Å². The van der Waals surface area contributed by atoms with Crippen LogP contribution < -0.4 is 5.73 Å². The van der Waals surface area contributed by atoms with E-state index in [0.29, 0.717) is 19.7 Å². The molecule has 1 saturated carbocycles. The molecule has 4 nitrogen and oxygen atoms in total. The Morgan fingerprint density at radius 1 is 1.33 bits per heavy atom. The van der Waals surface area contributed by atoms with Crippen LogP contribution in [0.5, 0.6) is 0 Å². The lowest BCUT2D eigenvalue weighted by Crippen LogP contribution is -2.47. The zero-order chi connectivity index (χ0) is 14.8. The van der Waals surface area contributed by atoms with Crippen LogP contribution in [0.2, 0.25) is 0 Å². The standard InChI is InChI=1S/C17H24N2O2/c1-12-5-2-3-6-13(12)16-11-19(9-10-21-16)17(20)14-7-4-8-15(14)18/h2-3,5-6,14-16H,4,7-11,18H2,1H3/t14-,15-,16+/m1/s1. The highest BCUT2D eigenvalue weighted by Crippen LogP contribution is 2.29. The van der Waals surface area contributed by atoms with Gasteiger partial charge in [-0.05, 0) is 30.9 Å². The Balaban J connectivity index is 1.71. The van der Waals surface area contributed by atoms with E-state index >= 15 is 0 Å². The molecule has 1 aliphatic carbocycles. The number of nitrogens with zero attached hydrogens (tertiary/aromatic N) is 1. The number of amides is 1. The number of rotatable bonds is 2. The fraction of sp³-hybridized carbons (Fsp3) is 0.588. The van der Waals surface area contributed by atoms with Crippen molar-refractivity contribution in [2.24, 2.45) is 11.7 Å². The maximum atomic E-state index is 12.7. The Kier molecular flexibility index (Phi) is 4.27. The minimum Gasteiger partial charge on any atom is -0.370 e. The van der Waals surface area contributed by atoms with E-state index in [0.717, 1.165) is 19.3 Å². The van der Waals surface area contributed by atoms with Gasteiger partial charge in [0.25, 0.3) is 0 Å². The summed E-state index contributed by atoms with van der Waals surface area (Å²) in [5.41, 5.74) is 8.48. The summed E-state index contributed by atoms with van der Waals surface area (Å²) >= 11 is 0. The second-order valence-corrected chi connectivity index (χ2v) is 6.20. The maximum absolute atomic E-state index is 12.7. The lowest BCUT2D eigenvalue weighted by Gasteiger charge is -2.35. The van der Waals surface area contributed by atoms with E-state index in [1.54, 1.807) is 0 Å². The predicted octanol–water partition coefficient (Wildman–Crippen LogP) is 2.02. The largest absolute Gasteiger partial charge is 0.370 e. The number of carbonyl (C=O) groups is 1. The Morgan fingerprint density at radius 2 is 2.14 bits per heavy atom. The summed E-state index contributed by atoms with van der Waals surface area (Å²) in [6, 6.07) is 8.28. The van der Waals surface area contributed by atoms with E-state index in [1.165, 1.54) is 11.1 Å². The molecule has 0 spiro atoms. The van der Waals surface area contributed by atoms with Crippen LogP contribution in [-0.2, 0) is 9.53 Å².